The number of aromatic nitrogens is 1. The molecule has 0 saturated heterocycles. The molecule has 98 valence electrons. The highest BCUT2D eigenvalue weighted by Crippen LogP contribution is 2.18. The van der Waals surface area contributed by atoms with Gasteiger partial charge in [-0.05, 0) is 28.7 Å². The number of aromatic hydroxyl groups is 1. The zero-order valence-corrected chi connectivity index (χ0v) is 11.8. The molecule has 0 saturated carbocycles. The third-order valence-corrected chi connectivity index (χ3v) is 3.57. The summed E-state index contributed by atoms with van der Waals surface area (Å²) in [6, 6.07) is 3.37. The van der Waals surface area contributed by atoms with Crippen molar-refractivity contribution >= 4 is 39.5 Å². The summed E-state index contributed by atoms with van der Waals surface area (Å²) >= 11 is 1.75. The Kier molecular flexibility index (Phi) is 3.31. The van der Waals surface area contributed by atoms with Crippen LogP contribution in [0.2, 0.25) is 0 Å². The molecule has 2 rings (SSSR count). The van der Waals surface area contributed by atoms with Crippen LogP contribution in [0.5, 0.6) is 5.75 Å². The maximum absolute atomic E-state index is 11.9. The number of carbonyl (C=O) groups is 1. The van der Waals surface area contributed by atoms with E-state index < -0.39 is 22.6 Å². The second-order valence-corrected chi connectivity index (χ2v) is 5.07. The van der Waals surface area contributed by atoms with Crippen LogP contribution in [0.25, 0.3) is 10.9 Å². The molecule has 0 fully saturated rings. The van der Waals surface area contributed by atoms with Crippen LogP contribution in [0.3, 0.4) is 0 Å². The van der Waals surface area contributed by atoms with E-state index in [1.54, 1.807) is 22.6 Å². The highest BCUT2D eigenvalue weighted by molar-refractivity contribution is 14.1. The fourth-order valence-corrected chi connectivity index (χ4v) is 2.33. The normalized spacial score (nSPS) is 10.6. The Labute approximate surface area is 120 Å². The zero-order valence-electron chi connectivity index (χ0n) is 9.68. The second-order valence-electron chi connectivity index (χ2n) is 3.91. The van der Waals surface area contributed by atoms with Crippen LogP contribution in [0, 0.1) is 3.57 Å². The van der Waals surface area contributed by atoms with Crippen molar-refractivity contribution < 1.29 is 15.0 Å². The lowest BCUT2D eigenvalue weighted by molar-refractivity contribution is 0.0686. The maximum Gasteiger partial charge on any atom is 0.352 e. The van der Waals surface area contributed by atoms with Crippen LogP contribution >= 0.6 is 22.6 Å². The summed E-state index contributed by atoms with van der Waals surface area (Å²) in [6.45, 7) is 0. The van der Waals surface area contributed by atoms with Gasteiger partial charge in [0.05, 0.1) is 9.09 Å². The van der Waals surface area contributed by atoms with Crippen molar-refractivity contribution in [2.24, 2.45) is 7.05 Å². The van der Waals surface area contributed by atoms with Crippen LogP contribution in [-0.2, 0) is 7.05 Å². The molecule has 0 bridgehead atoms. The molecule has 0 aliphatic heterocycles. The van der Waals surface area contributed by atoms with Crippen molar-refractivity contribution in [2.45, 2.75) is 0 Å². The molecule has 6 nitrogen and oxygen atoms in total. The van der Waals surface area contributed by atoms with E-state index in [4.69, 9.17) is 5.11 Å². The summed E-state index contributed by atoms with van der Waals surface area (Å²) in [5, 5.41) is 18.7. The minimum Gasteiger partial charge on any atom is -0.503 e. The maximum atomic E-state index is 11.9. The quantitative estimate of drug-likeness (QED) is 0.725. The summed E-state index contributed by atoms with van der Waals surface area (Å²) < 4.78 is 1.54. The van der Waals surface area contributed by atoms with E-state index in [2.05, 4.69) is 0 Å². The van der Waals surface area contributed by atoms with E-state index >= 15 is 0 Å². The lowest BCUT2D eigenvalue weighted by Gasteiger charge is -2.06. The van der Waals surface area contributed by atoms with Gasteiger partial charge in [-0.25, -0.2) is 4.79 Å². The van der Waals surface area contributed by atoms with Crippen molar-refractivity contribution in [2.75, 3.05) is 0 Å². The highest BCUT2D eigenvalue weighted by Gasteiger charge is 2.13. The largest absolute Gasteiger partial charge is 0.503 e. The van der Waals surface area contributed by atoms with Crippen LogP contribution in [0.4, 0.5) is 0 Å². The molecule has 0 spiro atoms. The number of aryl methyl sites for hydroxylation is 1. The van der Waals surface area contributed by atoms with E-state index in [0.717, 1.165) is 12.1 Å². The number of rotatable bonds is 1. The number of carboxylic acids is 1. The number of fused-ring (bicyclic) bond motifs is 1. The number of aromatic carboxylic acids is 1. The Hall–Kier alpha value is -1.90. The highest BCUT2D eigenvalue weighted by atomic mass is 127. The van der Waals surface area contributed by atoms with Crippen LogP contribution < -0.4 is 10.9 Å². The molecule has 2 N–H and O–H groups in total. The van der Waals surface area contributed by atoms with Crippen molar-refractivity contribution in [3.05, 3.63) is 47.9 Å². The van der Waals surface area contributed by atoms with E-state index in [0.29, 0.717) is 0 Å². The third-order valence-electron chi connectivity index (χ3n) is 2.75. The number of nitrogens with zero attached hydrogens (tertiary/aromatic N) is 1. The molecule has 7 heteroatoms. The molecule has 1 aromatic heterocycles. The van der Waals surface area contributed by atoms with Crippen molar-refractivity contribution in [3.63, 3.8) is 0 Å². The number of carboxylic acid groups (broad SMARTS) is 1. The van der Waals surface area contributed by atoms with Crippen molar-refractivity contribution in [1.82, 2.24) is 4.57 Å². The molecule has 0 atom stereocenters. The smallest absolute Gasteiger partial charge is 0.352 e. The fraction of sp³-hybridized carbons (Fsp3) is 0.0833. The number of hydrogen-bond donors (Lipinski definition) is 2. The van der Waals surface area contributed by atoms with Gasteiger partial charge in [-0.3, -0.25) is 9.59 Å². The average Bonchev–Trinajstić information content (AvgIpc) is 2.45. The average molecular weight is 373 g/mol. The molecule has 2 aromatic rings. The molecule has 0 aliphatic carbocycles. The molecule has 0 radical (unpaired) electrons. The van der Waals surface area contributed by atoms with Gasteiger partial charge in [0.25, 0.3) is 0 Å². The lowest BCUT2D eigenvalue weighted by Crippen LogP contribution is -2.15. The SMILES string of the molecule is Cn1c(C(=O)O)cc(=O)c2cc(=O)c(O)c(I)cc21. The first-order chi connectivity index (χ1) is 8.82. The molecule has 1 aromatic carbocycles. The first-order valence-electron chi connectivity index (χ1n) is 5.13. The molecular weight excluding hydrogens is 365 g/mol. The Morgan fingerprint density at radius 3 is 2.42 bits per heavy atom. The molecule has 0 amide bonds. The third kappa shape index (κ3) is 2.21. The van der Waals surface area contributed by atoms with Crippen LogP contribution in [0.1, 0.15) is 10.5 Å². The van der Waals surface area contributed by atoms with Gasteiger partial charge in [-0.1, -0.05) is 0 Å². The Morgan fingerprint density at radius 2 is 1.84 bits per heavy atom. The molecule has 0 aliphatic rings. The first kappa shape index (κ1) is 13.5. The lowest BCUT2D eigenvalue weighted by atomic mass is 10.2. The summed E-state index contributed by atoms with van der Waals surface area (Å²) in [5.41, 5.74) is -1.17. The van der Waals surface area contributed by atoms with Gasteiger partial charge < -0.3 is 14.8 Å². The summed E-state index contributed by atoms with van der Waals surface area (Å²) in [5.74, 6) is -1.71. The van der Waals surface area contributed by atoms with Gasteiger partial charge in [0.1, 0.15) is 5.69 Å². The Bertz CT molecular complexity index is 825. The molecule has 19 heavy (non-hydrogen) atoms. The number of halogens is 1. The minimum atomic E-state index is -1.24. The minimum absolute atomic E-state index is 0.0655. The number of pyridine rings is 1. The van der Waals surface area contributed by atoms with E-state index in [-0.39, 0.29) is 20.2 Å². The summed E-state index contributed by atoms with van der Waals surface area (Å²) in [7, 11) is 1.48. The predicted octanol–water partition coefficient (Wildman–Crippen LogP) is 0.907. The topological polar surface area (TPSA) is 96.6 Å². The van der Waals surface area contributed by atoms with Gasteiger partial charge in [0.15, 0.2) is 11.2 Å². The van der Waals surface area contributed by atoms with Gasteiger partial charge in [-0.15, -0.1) is 0 Å². The fourth-order valence-electron chi connectivity index (χ4n) is 1.77. The van der Waals surface area contributed by atoms with Gasteiger partial charge >= 0.3 is 5.97 Å². The Balaban J connectivity index is 3.15. The van der Waals surface area contributed by atoms with E-state index in [9.17, 15) is 19.5 Å². The summed E-state index contributed by atoms with van der Waals surface area (Å²) in [6.07, 6.45) is 0. The number of hydrogen-bond acceptors (Lipinski definition) is 4. The first-order valence-corrected chi connectivity index (χ1v) is 6.20. The van der Waals surface area contributed by atoms with Gasteiger partial charge in [-0.2, -0.15) is 0 Å². The van der Waals surface area contributed by atoms with Crippen molar-refractivity contribution in [1.29, 1.82) is 0 Å². The zero-order chi connectivity index (χ0) is 14.3. The standard InChI is InChI=1S/C12H8INO5/c1-14-7-3-6(13)11(17)10(16)2-5(7)9(15)4-8(14)12(18)19/h2-4H,1H3,(H,16,17)(H,18,19). The van der Waals surface area contributed by atoms with Crippen LogP contribution in [0.15, 0.2) is 27.8 Å². The van der Waals surface area contributed by atoms with Gasteiger partial charge in [0.2, 0.25) is 5.43 Å². The molecule has 0 unspecified atom stereocenters. The second kappa shape index (κ2) is 4.65. The van der Waals surface area contributed by atoms with E-state index in [1.165, 1.54) is 17.7 Å². The monoisotopic (exact) mass is 373 g/mol. The van der Waals surface area contributed by atoms with E-state index in [1.807, 2.05) is 0 Å². The molecule has 1 heterocycles. The summed E-state index contributed by atoms with van der Waals surface area (Å²) in [4.78, 5) is 34.5. The van der Waals surface area contributed by atoms with Crippen LogP contribution in [-0.4, -0.2) is 20.7 Å². The van der Waals surface area contributed by atoms with Gasteiger partial charge in [0, 0.05) is 24.6 Å². The Morgan fingerprint density at radius 1 is 1.21 bits per heavy atom. The predicted molar refractivity (Wildman–Crippen MR) is 76.8 cm³/mol. The van der Waals surface area contributed by atoms with Crippen molar-refractivity contribution in [3.8, 4) is 5.75 Å². The molecular formula is C12H8INO5.